The summed E-state index contributed by atoms with van der Waals surface area (Å²) < 4.78 is 38.2. The predicted molar refractivity (Wildman–Crippen MR) is 70.5 cm³/mol. The van der Waals surface area contributed by atoms with Crippen LogP contribution >= 0.6 is 11.6 Å². The fraction of sp³-hybridized carbons (Fsp3) is 0.462. The van der Waals surface area contributed by atoms with E-state index in [1.54, 1.807) is 0 Å². The van der Waals surface area contributed by atoms with E-state index < -0.39 is 18.0 Å². The molecule has 1 aromatic carbocycles. The Hall–Kier alpha value is -1.43. The number of likely N-dealkylation sites (tertiary alicyclic amines) is 1. The van der Waals surface area contributed by atoms with Gasteiger partial charge < -0.3 is 10.6 Å². The summed E-state index contributed by atoms with van der Waals surface area (Å²) in [6.07, 6.45) is -3.90. The number of halogens is 4. The average Bonchev–Trinajstić information content (AvgIpc) is 2.40. The summed E-state index contributed by atoms with van der Waals surface area (Å²) in [5, 5.41) is 0.326. The summed E-state index contributed by atoms with van der Waals surface area (Å²) in [5.41, 5.74) is 6.06. The Balaban J connectivity index is 2.18. The highest BCUT2D eigenvalue weighted by Crippen LogP contribution is 2.34. The minimum absolute atomic E-state index is 0.0539. The van der Waals surface area contributed by atoms with E-state index in [9.17, 15) is 18.0 Å². The lowest BCUT2D eigenvalue weighted by Gasteiger charge is -2.34. The topological polar surface area (TPSA) is 46.3 Å². The molecule has 1 unspecified atom stereocenters. The van der Waals surface area contributed by atoms with Gasteiger partial charge in [0, 0.05) is 23.8 Å². The molecule has 0 aromatic heterocycles. The van der Waals surface area contributed by atoms with Gasteiger partial charge in [-0.15, -0.1) is 0 Å². The third kappa shape index (κ3) is 3.17. The van der Waals surface area contributed by atoms with Crippen molar-refractivity contribution in [3.8, 4) is 0 Å². The number of carbonyl (C=O) groups excluding carboxylic acids is 1. The molecule has 3 nitrogen and oxygen atoms in total. The van der Waals surface area contributed by atoms with Crippen LogP contribution in [0.3, 0.4) is 0 Å². The van der Waals surface area contributed by atoms with Gasteiger partial charge in [-0.1, -0.05) is 11.6 Å². The maximum atomic E-state index is 12.7. The minimum atomic E-state index is -4.28. The number of hydrogen-bond donors (Lipinski definition) is 1. The van der Waals surface area contributed by atoms with Crippen LogP contribution in [0.1, 0.15) is 23.2 Å². The van der Waals surface area contributed by atoms with E-state index in [1.807, 2.05) is 0 Å². The molecule has 1 aliphatic rings. The van der Waals surface area contributed by atoms with Crippen LogP contribution in [0.25, 0.3) is 0 Å². The molecule has 1 aromatic rings. The molecular formula is C13H14ClF3N2O. The lowest BCUT2D eigenvalue weighted by Crippen LogP contribution is -2.44. The number of alkyl halides is 3. The van der Waals surface area contributed by atoms with Gasteiger partial charge in [0.1, 0.15) is 0 Å². The molecule has 0 spiro atoms. The van der Waals surface area contributed by atoms with Crippen molar-refractivity contribution in [2.45, 2.75) is 19.0 Å². The van der Waals surface area contributed by atoms with Crippen LogP contribution in [0.2, 0.25) is 5.02 Å². The summed E-state index contributed by atoms with van der Waals surface area (Å²) in [5.74, 6) is -1.97. The van der Waals surface area contributed by atoms with Crippen molar-refractivity contribution in [2.24, 2.45) is 5.92 Å². The van der Waals surface area contributed by atoms with Crippen molar-refractivity contribution in [3.05, 3.63) is 28.8 Å². The van der Waals surface area contributed by atoms with Crippen LogP contribution in [-0.4, -0.2) is 30.1 Å². The molecule has 1 atom stereocenters. The number of nitrogens with two attached hydrogens (primary N) is 1. The van der Waals surface area contributed by atoms with Crippen LogP contribution in [0.4, 0.5) is 18.9 Å². The van der Waals surface area contributed by atoms with E-state index >= 15 is 0 Å². The number of carbonyl (C=O) groups is 1. The summed E-state index contributed by atoms with van der Waals surface area (Å²) in [6, 6.07) is 4.39. The third-order valence-corrected chi connectivity index (χ3v) is 3.65. The minimum Gasteiger partial charge on any atom is -0.398 e. The molecule has 0 saturated carbocycles. The van der Waals surface area contributed by atoms with Crippen molar-refractivity contribution in [1.29, 1.82) is 0 Å². The molecule has 110 valence electrons. The normalized spacial score (nSPS) is 20.0. The van der Waals surface area contributed by atoms with E-state index in [1.165, 1.54) is 23.1 Å². The Morgan fingerprint density at radius 1 is 1.40 bits per heavy atom. The fourth-order valence-corrected chi connectivity index (χ4v) is 2.48. The van der Waals surface area contributed by atoms with Gasteiger partial charge in [-0.25, -0.2) is 0 Å². The molecule has 2 rings (SSSR count). The first-order chi connectivity index (χ1) is 9.29. The number of anilines is 1. The summed E-state index contributed by atoms with van der Waals surface area (Å²) >= 11 is 5.79. The lowest BCUT2D eigenvalue weighted by molar-refractivity contribution is -0.184. The van der Waals surface area contributed by atoms with Gasteiger partial charge in [0.15, 0.2) is 0 Å². The highest BCUT2D eigenvalue weighted by molar-refractivity contribution is 6.31. The largest absolute Gasteiger partial charge is 0.398 e. The molecule has 20 heavy (non-hydrogen) atoms. The van der Waals surface area contributed by atoms with Crippen LogP contribution in [-0.2, 0) is 0 Å². The second-order valence-corrected chi connectivity index (χ2v) is 5.30. The van der Waals surface area contributed by atoms with Gasteiger partial charge in [0.05, 0.1) is 11.5 Å². The number of rotatable bonds is 1. The molecule has 1 amide bonds. The number of amides is 1. The standard InChI is InChI=1S/C13H14ClF3N2O/c14-9-3-4-11(18)10(6-9)12(20)19-5-1-2-8(7-19)13(15,16)17/h3-4,6,8H,1-2,5,7,18H2. The Bertz CT molecular complexity index is 519. The van der Waals surface area contributed by atoms with Crippen molar-refractivity contribution in [1.82, 2.24) is 4.90 Å². The first-order valence-electron chi connectivity index (χ1n) is 6.20. The maximum absolute atomic E-state index is 12.7. The number of benzene rings is 1. The van der Waals surface area contributed by atoms with Crippen LogP contribution in [0, 0.1) is 5.92 Å². The molecule has 1 heterocycles. The second-order valence-electron chi connectivity index (χ2n) is 4.86. The Morgan fingerprint density at radius 2 is 2.10 bits per heavy atom. The quantitative estimate of drug-likeness (QED) is 0.809. The van der Waals surface area contributed by atoms with Gasteiger partial charge in [-0.3, -0.25) is 4.79 Å². The average molecular weight is 307 g/mol. The molecule has 0 bridgehead atoms. The zero-order chi connectivity index (χ0) is 14.9. The van der Waals surface area contributed by atoms with Crippen LogP contribution < -0.4 is 5.73 Å². The molecule has 0 radical (unpaired) electrons. The maximum Gasteiger partial charge on any atom is 0.393 e. The van der Waals surface area contributed by atoms with E-state index in [0.29, 0.717) is 18.0 Å². The summed E-state index contributed by atoms with van der Waals surface area (Å²) in [6.45, 7) is -0.0222. The van der Waals surface area contributed by atoms with Crippen molar-refractivity contribution in [3.63, 3.8) is 0 Å². The summed E-state index contributed by atoms with van der Waals surface area (Å²) in [7, 11) is 0. The molecule has 1 aliphatic heterocycles. The number of hydrogen-bond acceptors (Lipinski definition) is 2. The first-order valence-corrected chi connectivity index (χ1v) is 6.58. The van der Waals surface area contributed by atoms with E-state index in [2.05, 4.69) is 0 Å². The monoisotopic (exact) mass is 306 g/mol. The Labute approximate surface area is 119 Å². The van der Waals surface area contributed by atoms with Crippen molar-refractivity contribution in [2.75, 3.05) is 18.8 Å². The van der Waals surface area contributed by atoms with Gasteiger partial charge >= 0.3 is 6.18 Å². The van der Waals surface area contributed by atoms with E-state index in [4.69, 9.17) is 17.3 Å². The predicted octanol–water partition coefficient (Wildman–Crippen LogP) is 3.34. The third-order valence-electron chi connectivity index (χ3n) is 3.42. The zero-order valence-electron chi connectivity index (χ0n) is 10.6. The van der Waals surface area contributed by atoms with E-state index in [-0.39, 0.29) is 24.2 Å². The van der Waals surface area contributed by atoms with E-state index in [0.717, 1.165) is 0 Å². The Morgan fingerprint density at radius 3 is 2.75 bits per heavy atom. The SMILES string of the molecule is Nc1ccc(Cl)cc1C(=O)N1CCCC(C(F)(F)F)C1. The fourth-order valence-electron chi connectivity index (χ4n) is 2.31. The molecule has 0 aliphatic carbocycles. The van der Waals surface area contributed by atoms with Gasteiger partial charge in [-0.2, -0.15) is 13.2 Å². The molecule has 2 N–H and O–H groups in total. The molecule has 1 saturated heterocycles. The number of nitrogen functional groups attached to an aromatic ring is 1. The van der Waals surface area contributed by atoms with Crippen molar-refractivity contribution < 1.29 is 18.0 Å². The van der Waals surface area contributed by atoms with Crippen LogP contribution in [0.5, 0.6) is 0 Å². The zero-order valence-corrected chi connectivity index (χ0v) is 11.3. The van der Waals surface area contributed by atoms with Gasteiger partial charge in [0.2, 0.25) is 0 Å². The highest BCUT2D eigenvalue weighted by atomic mass is 35.5. The lowest BCUT2D eigenvalue weighted by atomic mass is 9.96. The van der Waals surface area contributed by atoms with Crippen LogP contribution in [0.15, 0.2) is 18.2 Å². The van der Waals surface area contributed by atoms with Gasteiger partial charge in [-0.05, 0) is 31.0 Å². The summed E-state index contributed by atoms with van der Waals surface area (Å²) in [4.78, 5) is 13.5. The van der Waals surface area contributed by atoms with Crippen molar-refractivity contribution >= 4 is 23.2 Å². The number of nitrogens with zero attached hydrogens (tertiary/aromatic N) is 1. The number of piperidine rings is 1. The smallest absolute Gasteiger partial charge is 0.393 e. The second kappa shape index (κ2) is 5.52. The Kier molecular flexibility index (Phi) is 4.13. The van der Waals surface area contributed by atoms with Gasteiger partial charge in [0.25, 0.3) is 5.91 Å². The highest BCUT2D eigenvalue weighted by Gasteiger charge is 2.42. The molecule has 1 fully saturated rings. The molecule has 7 heteroatoms. The first kappa shape index (κ1) is 15.0. The molecular weight excluding hydrogens is 293 g/mol.